The van der Waals surface area contributed by atoms with E-state index in [1.165, 1.54) is 24.3 Å². The molecule has 0 spiro atoms. The largest absolute Gasteiger partial charge is 0.524 e. The van der Waals surface area contributed by atoms with Gasteiger partial charge in [0.2, 0.25) is 0 Å². The summed E-state index contributed by atoms with van der Waals surface area (Å²) in [6, 6.07) is 11.9. The fourth-order valence-electron chi connectivity index (χ4n) is 1.69. The average Bonchev–Trinajstić information content (AvgIpc) is 2.37. The van der Waals surface area contributed by atoms with Crippen LogP contribution in [0.1, 0.15) is 0 Å². The smallest absolute Gasteiger partial charge is 0.404 e. The molecule has 0 atom stereocenters. The number of hydrogen-bond donors (Lipinski definition) is 4. The standard InChI is InChI=1S/C12H12O8P2.4Ar/c13-21(14,15)19-11-5-1-9(2-6-11)10-3-7-12(8-4-10)20-22(16,17)18;;;;/h1-8H,(H2,13,14,15)(H2,16,17,18);;;;. The molecule has 0 aromatic heterocycles. The van der Waals surface area contributed by atoms with E-state index in [0.29, 0.717) is 0 Å². The molecule has 0 fully saturated rings. The molecular formula is C12H12Ar4O8P2. The number of phosphoric acid groups is 2. The van der Waals surface area contributed by atoms with Crippen LogP contribution in [-0.4, -0.2) is 19.6 Å². The molecule has 0 amide bonds. The predicted molar refractivity (Wildman–Crippen MR) is 77.2 cm³/mol. The molecule has 0 radical (unpaired) electrons. The van der Waals surface area contributed by atoms with Crippen LogP contribution in [0.25, 0.3) is 11.1 Å². The molecule has 0 aliphatic heterocycles. The Labute approximate surface area is 269 Å². The second-order valence-electron chi connectivity index (χ2n) is 4.21. The van der Waals surface area contributed by atoms with Gasteiger partial charge in [0, 0.05) is 151 Å². The minimum absolute atomic E-state index is 0. The van der Waals surface area contributed by atoms with E-state index in [1.807, 2.05) is 0 Å². The Morgan fingerprint density at radius 3 is 0.962 bits per heavy atom. The van der Waals surface area contributed by atoms with Crippen LogP contribution in [0.15, 0.2) is 48.5 Å². The minimum atomic E-state index is -4.59. The molecule has 2 rings (SSSR count). The molecule has 0 unspecified atom stereocenters. The fraction of sp³-hybridized carbons (Fsp3) is 0. The van der Waals surface area contributed by atoms with Crippen LogP contribution >= 0.6 is 15.6 Å². The van der Waals surface area contributed by atoms with E-state index >= 15 is 0 Å². The summed E-state index contributed by atoms with van der Waals surface area (Å²) in [5.41, 5.74) is 1.45. The summed E-state index contributed by atoms with van der Waals surface area (Å²) in [7, 11) is -9.18. The summed E-state index contributed by atoms with van der Waals surface area (Å²) in [4.78, 5) is 34.8. The summed E-state index contributed by atoms with van der Waals surface area (Å²) in [5, 5.41) is 0. The molecule has 2 aromatic rings. The summed E-state index contributed by atoms with van der Waals surface area (Å²) in [5.74, 6) is 0.0528. The van der Waals surface area contributed by atoms with E-state index in [4.69, 9.17) is 19.6 Å². The molecule has 0 aliphatic rings. The van der Waals surface area contributed by atoms with Crippen molar-refractivity contribution in [3.05, 3.63) is 48.5 Å². The first-order valence-corrected chi connectivity index (χ1v) is 8.89. The fourth-order valence-corrected chi connectivity index (χ4v) is 2.48. The van der Waals surface area contributed by atoms with Gasteiger partial charge in [0.15, 0.2) is 0 Å². The summed E-state index contributed by atoms with van der Waals surface area (Å²) in [6.07, 6.45) is 0. The molecule has 14 heteroatoms. The van der Waals surface area contributed by atoms with E-state index in [1.54, 1.807) is 24.3 Å². The van der Waals surface area contributed by atoms with E-state index in [2.05, 4.69) is 9.05 Å². The Bertz CT molecular complexity index is 679. The van der Waals surface area contributed by atoms with Gasteiger partial charge in [-0.1, -0.05) is 24.3 Å². The molecule has 2 aromatic carbocycles. The Morgan fingerprint density at radius 1 is 0.538 bits per heavy atom. The quantitative estimate of drug-likeness (QED) is 0.455. The average molecular weight is 506 g/mol. The third-order valence-corrected chi connectivity index (χ3v) is 3.39. The maximum atomic E-state index is 10.7. The Balaban J connectivity index is -0.00000132. The van der Waals surface area contributed by atoms with Crippen LogP contribution in [-0.2, 0) is 9.13 Å². The van der Waals surface area contributed by atoms with Crippen molar-refractivity contribution in [3.63, 3.8) is 0 Å². The molecule has 0 bridgehead atoms. The normalized spacial score (nSPS) is 10.2. The molecule has 4 N–H and O–H groups in total. The van der Waals surface area contributed by atoms with Crippen molar-refractivity contribution in [2.75, 3.05) is 0 Å². The van der Waals surface area contributed by atoms with E-state index in [-0.39, 0.29) is 162 Å². The van der Waals surface area contributed by atoms with E-state index in [0.717, 1.165) is 11.1 Å². The van der Waals surface area contributed by atoms with Crippen LogP contribution < -0.4 is 9.05 Å². The SMILES string of the molecule is O=P(O)(O)Oc1ccc(-c2ccc(OP(=O)(O)O)cc2)cc1.[Ar].[Ar].[Ar].[Ar]. The van der Waals surface area contributed by atoms with Crippen molar-refractivity contribution in [3.8, 4) is 22.6 Å². The summed E-state index contributed by atoms with van der Waals surface area (Å²) in [6.45, 7) is 0. The van der Waals surface area contributed by atoms with Crippen molar-refractivity contribution in [1.82, 2.24) is 0 Å². The first-order valence-electron chi connectivity index (χ1n) is 5.83. The number of rotatable bonds is 5. The summed E-state index contributed by atoms with van der Waals surface area (Å²) < 4.78 is 30.3. The van der Waals surface area contributed by atoms with E-state index < -0.39 is 15.6 Å². The third-order valence-electron chi connectivity index (χ3n) is 2.49. The second-order valence-corrected chi connectivity index (χ2v) is 6.54. The van der Waals surface area contributed by atoms with Gasteiger partial charge in [-0.2, -0.15) is 0 Å². The second kappa shape index (κ2) is 15.2. The molecule has 8 nitrogen and oxygen atoms in total. The van der Waals surface area contributed by atoms with Gasteiger partial charge in [-0.05, 0) is 35.4 Å². The Kier molecular flexibility index (Phi) is 19.9. The molecule has 0 aliphatic carbocycles. The summed E-state index contributed by atoms with van der Waals surface area (Å²) >= 11 is 0. The first-order chi connectivity index (χ1) is 10.1. The van der Waals surface area contributed by atoms with Crippen LogP contribution in [0.5, 0.6) is 11.5 Å². The van der Waals surface area contributed by atoms with Gasteiger partial charge in [-0.25, -0.2) is 9.13 Å². The van der Waals surface area contributed by atoms with Gasteiger partial charge in [0.05, 0.1) is 0 Å². The monoisotopic (exact) mass is 506 g/mol. The van der Waals surface area contributed by atoms with Crippen LogP contribution in [0.4, 0.5) is 0 Å². The number of phosphoric ester groups is 2. The molecular weight excluding hydrogens is 494 g/mol. The zero-order chi connectivity index (χ0) is 16.4. The maximum Gasteiger partial charge on any atom is 0.524 e. The molecule has 26 heavy (non-hydrogen) atoms. The van der Waals surface area contributed by atoms with Crippen molar-refractivity contribution in [2.24, 2.45) is 0 Å². The molecule has 0 saturated heterocycles. The topological polar surface area (TPSA) is 134 Å². The van der Waals surface area contributed by atoms with Gasteiger partial charge >= 0.3 is 15.6 Å². The maximum absolute atomic E-state index is 10.7. The van der Waals surface area contributed by atoms with Gasteiger partial charge < -0.3 is 9.05 Å². The number of hydrogen-bond acceptors (Lipinski definition) is 4. The van der Waals surface area contributed by atoms with Crippen molar-refractivity contribution in [1.29, 1.82) is 0 Å². The predicted octanol–water partition coefficient (Wildman–Crippen LogP) is 2.30. The van der Waals surface area contributed by atoms with Crippen molar-refractivity contribution in [2.45, 2.75) is 0 Å². The van der Waals surface area contributed by atoms with Crippen molar-refractivity contribution >= 4 is 15.6 Å². The van der Waals surface area contributed by atoms with Gasteiger partial charge in [0.1, 0.15) is 11.5 Å². The van der Waals surface area contributed by atoms with Crippen LogP contribution in [0.2, 0.25) is 0 Å². The van der Waals surface area contributed by atoms with Gasteiger partial charge in [0.25, 0.3) is 0 Å². The molecule has 0 heterocycles. The van der Waals surface area contributed by atoms with Gasteiger partial charge in [-0.3, -0.25) is 19.6 Å². The van der Waals surface area contributed by atoms with Crippen LogP contribution in [0.3, 0.4) is 0 Å². The van der Waals surface area contributed by atoms with Gasteiger partial charge in [-0.15, -0.1) is 0 Å². The molecule has 150 valence electrons. The van der Waals surface area contributed by atoms with E-state index in [9.17, 15) is 9.13 Å². The number of benzene rings is 2. The molecule has 0 saturated carbocycles. The Hall–Kier alpha value is 3.38. The van der Waals surface area contributed by atoms with Crippen molar-refractivity contribution < 1.29 is 189 Å². The minimum Gasteiger partial charge on any atom is -0.404 e. The zero-order valence-corrected chi connectivity index (χ0v) is 17.0. The van der Waals surface area contributed by atoms with Crippen LogP contribution in [0, 0.1) is 151 Å². The Morgan fingerprint density at radius 2 is 0.769 bits per heavy atom. The third kappa shape index (κ3) is 13.6. The zero-order valence-electron chi connectivity index (χ0n) is 12.3. The first kappa shape index (κ1) is 34.0.